The first-order valence-corrected chi connectivity index (χ1v) is 6.94. The van der Waals surface area contributed by atoms with Crippen LogP contribution in [0.3, 0.4) is 0 Å². The molecule has 1 atom stereocenters. The van der Waals surface area contributed by atoms with E-state index in [-0.39, 0.29) is 5.25 Å². The van der Waals surface area contributed by atoms with Crippen LogP contribution in [0.4, 0.5) is 0 Å². The Labute approximate surface area is 97.2 Å². The second-order valence-corrected chi connectivity index (χ2v) is 6.84. The minimum absolute atomic E-state index is 0.0154. The van der Waals surface area contributed by atoms with Gasteiger partial charge in [0.1, 0.15) is 0 Å². The van der Waals surface area contributed by atoms with Crippen molar-refractivity contribution in [3.8, 4) is 6.07 Å². The summed E-state index contributed by atoms with van der Waals surface area (Å²) < 4.78 is 20.7. The monoisotopic (exact) mass is 284 g/mol. The first-order chi connectivity index (χ1) is 7.04. The maximum absolute atomic E-state index is 12.1. The third-order valence-corrected chi connectivity index (χ3v) is 5.15. The van der Waals surface area contributed by atoms with Crippen LogP contribution in [0.5, 0.6) is 0 Å². The van der Waals surface area contributed by atoms with E-state index in [0.29, 0.717) is 14.9 Å². The van der Waals surface area contributed by atoms with Crippen LogP contribution in [0.2, 0.25) is 0 Å². The molecule has 0 heterocycles. The normalized spacial score (nSPS) is 19.2. The van der Waals surface area contributed by atoms with Gasteiger partial charge in [0.2, 0.25) is 0 Å². The summed E-state index contributed by atoms with van der Waals surface area (Å²) >= 11 is 3.26. The number of hydrogen-bond acceptors (Lipinski definition) is 3. The van der Waals surface area contributed by atoms with Gasteiger partial charge in [0.15, 0.2) is 0 Å². The molecule has 0 radical (unpaired) electrons. The number of nitrogens with one attached hydrogen (secondary N) is 1. The third-order valence-electron chi connectivity index (χ3n) is 2.34. The van der Waals surface area contributed by atoms with E-state index < -0.39 is 9.73 Å². The van der Waals surface area contributed by atoms with Gasteiger partial charge >= 0.3 is 0 Å². The van der Waals surface area contributed by atoms with Gasteiger partial charge in [-0.05, 0) is 31.0 Å². The topological polar surface area (TPSA) is 64.7 Å². The quantitative estimate of drug-likeness (QED) is 0.908. The summed E-state index contributed by atoms with van der Waals surface area (Å²) in [4.78, 5) is 0.468. The summed E-state index contributed by atoms with van der Waals surface area (Å²) in [6.45, 7) is 0. The molecule has 15 heavy (non-hydrogen) atoms. The summed E-state index contributed by atoms with van der Waals surface area (Å²) in [7, 11) is -2.70. The molecule has 0 saturated heterocycles. The van der Waals surface area contributed by atoms with Crippen molar-refractivity contribution < 1.29 is 4.21 Å². The molecule has 1 aromatic carbocycles. The number of benzene rings is 1. The highest BCUT2D eigenvalue weighted by atomic mass is 79.9. The Morgan fingerprint density at radius 3 is 2.67 bits per heavy atom. The summed E-state index contributed by atoms with van der Waals surface area (Å²) in [5.41, 5.74) is 0.444. The van der Waals surface area contributed by atoms with Gasteiger partial charge in [-0.1, -0.05) is 15.9 Å². The van der Waals surface area contributed by atoms with Crippen LogP contribution in [0.1, 0.15) is 18.4 Å². The zero-order valence-corrected chi connectivity index (χ0v) is 10.3. The molecule has 1 aliphatic carbocycles. The lowest BCUT2D eigenvalue weighted by atomic mass is 10.2. The number of nitrogens with zero attached hydrogens (tertiary/aromatic N) is 1. The molecular formula is C10H9BrN2OS. The predicted octanol–water partition coefficient (Wildman–Crippen LogP) is 2.89. The largest absolute Gasteiger partial charge is 0.249 e. The molecule has 1 N–H and O–H groups in total. The Bertz CT molecular complexity index is 541. The lowest BCUT2D eigenvalue weighted by Crippen LogP contribution is -2.05. The van der Waals surface area contributed by atoms with Gasteiger partial charge in [-0.25, -0.2) is 8.99 Å². The first kappa shape index (κ1) is 10.7. The van der Waals surface area contributed by atoms with Crippen molar-refractivity contribution in [2.75, 3.05) is 0 Å². The minimum atomic E-state index is -2.70. The van der Waals surface area contributed by atoms with Crippen molar-refractivity contribution in [1.82, 2.24) is 0 Å². The second-order valence-electron chi connectivity index (χ2n) is 3.59. The smallest absolute Gasteiger partial charge is 0.0992 e. The van der Waals surface area contributed by atoms with Crippen LogP contribution in [0.25, 0.3) is 0 Å². The molecule has 78 valence electrons. The highest BCUT2D eigenvalue weighted by molar-refractivity contribution is 9.10. The molecule has 1 aliphatic rings. The molecule has 0 aromatic heterocycles. The Hall–Kier alpha value is -0.860. The van der Waals surface area contributed by atoms with Gasteiger partial charge in [0.05, 0.1) is 21.4 Å². The Kier molecular flexibility index (Phi) is 2.57. The van der Waals surface area contributed by atoms with Crippen molar-refractivity contribution in [2.24, 2.45) is 0 Å². The lowest BCUT2D eigenvalue weighted by Gasteiger charge is -2.06. The van der Waals surface area contributed by atoms with E-state index in [4.69, 9.17) is 10.0 Å². The Morgan fingerprint density at radius 1 is 1.47 bits per heavy atom. The van der Waals surface area contributed by atoms with E-state index in [1.807, 2.05) is 6.07 Å². The van der Waals surface area contributed by atoms with E-state index in [2.05, 4.69) is 15.9 Å². The van der Waals surface area contributed by atoms with Gasteiger partial charge in [-0.3, -0.25) is 0 Å². The molecule has 1 unspecified atom stereocenters. The fraction of sp³-hybridized carbons (Fsp3) is 0.300. The van der Waals surface area contributed by atoms with Crippen molar-refractivity contribution in [1.29, 1.82) is 10.0 Å². The van der Waals surface area contributed by atoms with Crippen molar-refractivity contribution in [3.63, 3.8) is 0 Å². The SMILES string of the molecule is N#Cc1cc(Br)cc(S(=N)(=O)C2CC2)c1. The lowest BCUT2D eigenvalue weighted by molar-refractivity contribution is 0.673. The minimum Gasteiger partial charge on any atom is -0.249 e. The van der Waals surface area contributed by atoms with Crippen LogP contribution in [0.15, 0.2) is 27.6 Å². The highest BCUT2D eigenvalue weighted by Gasteiger charge is 2.33. The van der Waals surface area contributed by atoms with Gasteiger partial charge < -0.3 is 0 Å². The highest BCUT2D eigenvalue weighted by Crippen LogP contribution is 2.35. The molecule has 1 saturated carbocycles. The molecule has 2 rings (SSSR count). The average Bonchev–Trinajstić information content (AvgIpc) is 3.00. The summed E-state index contributed by atoms with van der Waals surface area (Å²) in [5, 5.41) is 8.77. The van der Waals surface area contributed by atoms with E-state index in [1.165, 1.54) is 0 Å². The molecule has 1 aromatic rings. The molecule has 0 amide bonds. The van der Waals surface area contributed by atoms with E-state index >= 15 is 0 Å². The van der Waals surface area contributed by atoms with Gasteiger partial charge in [0.25, 0.3) is 0 Å². The Balaban J connectivity index is 2.53. The van der Waals surface area contributed by atoms with Crippen molar-refractivity contribution in [2.45, 2.75) is 23.0 Å². The molecule has 0 spiro atoms. The predicted molar refractivity (Wildman–Crippen MR) is 61.0 cm³/mol. The van der Waals surface area contributed by atoms with Gasteiger partial charge in [-0.15, -0.1) is 0 Å². The zero-order valence-electron chi connectivity index (χ0n) is 7.87. The number of halogens is 1. The first-order valence-electron chi connectivity index (χ1n) is 4.52. The van der Waals surface area contributed by atoms with Crippen LogP contribution in [-0.2, 0) is 9.73 Å². The van der Waals surface area contributed by atoms with Gasteiger partial charge in [0, 0.05) is 14.6 Å². The maximum Gasteiger partial charge on any atom is 0.0992 e. The standard InChI is InChI=1S/C10H9BrN2OS/c11-8-3-7(6-12)4-10(5-8)15(13,14)9-1-2-9/h3-5,9,13H,1-2H2. The number of rotatable bonds is 2. The Morgan fingerprint density at radius 2 is 2.13 bits per heavy atom. The molecular weight excluding hydrogens is 276 g/mol. The van der Waals surface area contributed by atoms with Crippen LogP contribution >= 0.6 is 15.9 Å². The molecule has 3 nitrogen and oxygen atoms in total. The van der Waals surface area contributed by atoms with Gasteiger partial charge in [-0.2, -0.15) is 5.26 Å². The summed E-state index contributed by atoms with van der Waals surface area (Å²) in [6, 6.07) is 6.89. The van der Waals surface area contributed by atoms with Crippen molar-refractivity contribution in [3.05, 3.63) is 28.2 Å². The second kappa shape index (κ2) is 3.62. The van der Waals surface area contributed by atoms with E-state index in [1.54, 1.807) is 18.2 Å². The third kappa shape index (κ3) is 2.06. The molecule has 0 aliphatic heterocycles. The summed E-state index contributed by atoms with van der Waals surface area (Å²) in [6.07, 6.45) is 1.72. The molecule has 1 fully saturated rings. The van der Waals surface area contributed by atoms with Crippen LogP contribution < -0.4 is 0 Å². The van der Waals surface area contributed by atoms with E-state index in [0.717, 1.165) is 12.8 Å². The van der Waals surface area contributed by atoms with E-state index in [9.17, 15) is 4.21 Å². The molecule has 5 heteroatoms. The fourth-order valence-electron chi connectivity index (χ4n) is 1.39. The average molecular weight is 285 g/mol. The maximum atomic E-state index is 12.1. The number of hydrogen-bond donors (Lipinski definition) is 1. The van der Waals surface area contributed by atoms with Crippen LogP contribution in [0, 0.1) is 16.1 Å². The molecule has 0 bridgehead atoms. The zero-order chi connectivity index (χ0) is 11.1. The van der Waals surface area contributed by atoms with Crippen molar-refractivity contribution >= 4 is 25.7 Å². The fourth-order valence-corrected chi connectivity index (χ4v) is 3.83. The van der Waals surface area contributed by atoms with Crippen LogP contribution in [-0.4, -0.2) is 9.46 Å². The number of nitriles is 1. The summed E-state index contributed by atoms with van der Waals surface area (Å²) in [5.74, 6) is 0.